The molecule has 1 saturated heterocycles. The van der Waals surface area contributed by atoms with Gasteiger partial charge in [0.1, 0.15) is 0 Å². The van der Waals surface area contributed by atoms with Gasteiger partial charge in [0.05, 0.1) is 6.21 Å². The van der Waals surface area contributed by atoms with E-state index in [-0.39, 0.29) is 11.8 Å². The maximum Gasteiger partial charge on any atom is 0.271 e. The highest BCUT2D eigenvalue weighted by Crippen LogP contribution is 2.21. The van der Waals surface area contributed by atoms with Crippen LogP contribution in [0.2, 0.25) is 0 Å². The molecule has 1 heterocycles. The van der Waals surface area contributed by atoms with Crippen molar-refractivity contribution in [2.24, 2.45) is 5.10 Å². The topological polar surface area (TPSA) is 65.0 Å². The number of rotatable bonds is 5. The Morgan fingerprint density at radius 1 is 1.12 bits per heavy atom. The van der Waals surface area contributed by atoms with Crippen molar-refractivity contribution in [3.05, 3.63) is 59.7 Å². The maximum absolute atomic E-state index is 12.2. The molecule has 2 amide bonds. The van der Waals surface area contributed by atoms with E-state index in [1.54, 1.807) is 35.4 Å². The first-order valence-corrected chi connectivity index (χ1v) is 8.56. The van der Waals surface area contributed by atoms with Crippen LogP contribution in [0.15, 0.2) is 53.6 Å². The van der Waals surface area contributed by atoms with E-state index in [2.05, 4.69) is 10.5 Å². The number of hydrazone groups is 1. The average Bonchev–Trinajstić information content (AvgIpc) is 3.08. The van der Waals surface area contributed by atoms with E-state index < -0.39 is 0 Å². The van der Waals surface area contributed by atoms with Gasteiger partial charge in [0.25, 0.3) is 5.91 Å². The molecule has 0 aliphatic carbocycles. The van der Waals surface area contributed by atoms with Crippen LogP contribution < -0.4 is 15.2 Å². The molecule has 1 aliphatic rings. The summed E-state index contributed by atoms with van der Waals surface area (Å²) < 4.78 is 0. The molecule has 0 saturated carbocycles. The largest absolute Gasteiger partial charge is 0.378 e. The van der Waals surface area contributed by atoms with E-state index in [0.29, 0.717) is 12.0 Å². The molecular weight excluding hydrogens is 328 g/mol. The Kier molecular flexibility index (Phi) is 5.31. The lowest BCUT2D eigenvalue weighted by Gasteiger charge is -2.15. The van der Waals surface area contributed by atoms with Gasteiger partial charge >= 0.3 is 0 Å². The lowest BCUT2D eigenvalue weighted by Crippen LogP contribution is -2.24. The van der Waals surface area contributed by atoms with E-state index in [0.717, 1.165) is 29.9 Å². The maximum atomic E-state index is 12.2. The highest BCUT2D eigenvalue weighted by atomic mass is 16.2. The van der Waals surface area contributed by atoms with Gasteiger partial charge in [0, 0.05) is 44.0 Å². The summed E-state index contributed by atoms with van der Waals surface area (Å²) in [7, 11) is 3.96. The molecule has 1 fully saturated rings. The van der Waals surface area contributed by atoms with Crippen molar-refractivity contribution >= 4 is 29.4 Å². The second-order valence-corrected chi connectivity index (χ2v) is 6.38. The summed E-state index contributed by atoms with van der Waals surface area (Å²) in [6, 6.07) is 14.8. The molecular formula is C20H22N4O2. The molecule has 0 aromatic heterocycles. The van der Waals surface area contributed by atoms with Gasteiger partial charge in [-0.05, 0) is 48.4 Å². The van der Waals surface area contributed by atoms with Crippen molar-refractivity contribution in [2.45, 2.75) is 12.8 Å². The number of anilines is 2. The van der Waals surface area contributed by atoms with Crippen LogP contribution in [0.25, 0.3) is 0 Å². The van der Waals surface area contributed by atoms with Crippen molar-refractivity contribution in [1.29, 1.82) is 0 Å². The minimum Gasteiger partial charge on any atom is -0.378 e. The first-order chi connectivity index (χ1) is 12.5. The van der Waals surface area contributed by atoms with Gasteiger partial charge in [-0.3, -0.25) is 9.59 Å². The number of amides is 2. The SMILES string of the molecule is CN(C)c1ccc(/C=N/NC(=O)c2ccc(N3CCCC3=O)cc2)cc1. The third kappa shape index (κ3) is 4.08. The van der Waals surface area contributed by atoms with E-state index >= 15 is 0 Å². The van der Waals surface area contributed by atoms with Gasteiger partial charge in [0.2, 0.25) is 5.91 Å². The average molecular weight is 350 g/mol. The summed E-state index contributed by atoms with van der Waals surface area (Å²) in [4.78, 5) is 27.7. The molecule has 2 aromatic rings. The van der Waals surface area contributed by atoms with Crippen LogP contribution in [-0.2, 0) is 4.79 Å². The van der Waals surface area contributed by atoms with Crippen molar-refractivity contribution in [3.63, 3.8) is 0 Å². The summed E-state index contributed by atoms with van der Waals surface area (Å²) in [5.41, 5.74) is 5.85. The Bertz CT molecular complexity index is 811. The minimum atomic E-state index is -0.287. The van der Waals surface area contributed by atoms with Gasteiger partial charge in [-0.15, -0.1) is 0 Å². The molecule has 2 aromatic carbocycles. The Labute approximate surface area is 153 Å². The van der Waals surface area contributed by atoms with Gasteiger partial charge in [0.15, 0.2) is 0 Å². The van der Waals surface area contributed by atoms with Gasteiger partial charge in [-0.2, -0.15) is 5.10 Å². The fraction of sp³-hybridized carbons (Fsp3) is 0.250. The minimum absolute atomic E-state index is 0.132. The molecule has 134 valence electrons. The van der Waals surface area contributed by atoms with Crippen LogP contribution in [0.5, 0.6) is 0 Å². The highest BCUT2D eigenvalue weighted by Gasteiger charge is 2.21. The van der Waals surface area contributed by atoms with Crippen LogP contribution in [0.1, 0.15) is 28.8 Å². The third-order valence-corrected chi connectivity index (χ3v) is 4.30. The zero-order valence-electron chi connectivity index (χ0n) is 15.0. The highest BCUT2D eigenvalue weighted by molar-refractivity contribution is 5.97. The molecule has 0 atom stereocenters. The van der Waals surface area contributed by atoms with Crippen LogP contribution in [0.4, 0.5) is 11.4 Å². The summed E-state index contributed by atoms with van der Waals surface area (Å²) in [5, 5.41) is 4.00. The van der Waals surface area contributed by atoms with Crippen LogP contribution in [0.3, 0.4) is 0 Å². The first kappa shape index (κ1) is 17.7. The summed E-state index contributed by atoms with van der Waals surface area (Å²) in [5.74, 6) is -0.155. The zero-order valence-corrected chi connectivity index (χ0v) is 15.0. The van der Waals surface area contributed by atoms with Crippen molar-refractivity contribution in [2.75, 3.05) is 30.4 Å². The van der Waals surface area contributed by atoms with Crippen LogP contribution in [0, 0.1) is 0 Å². The Morgan fingerprint density at radius 3 is 2.38 bits per heavy atom. The van der Waals surface area contributed by atoms with E-state index in [9.17, 15) is 9.59 Å². The number of benzene rings is 2. The molecule has 3 rings (SSSR count). The monoisotopic (exact) mass is 350 g/mol. The Balaban J connectivity index is 1.58. The van der Waals surface area contributed by atoms with E-state index in [1.807, 2.05) is 43.3 Å². The fourth-order valence-electron chi connectivity index (χ4n) is 2.80. The van der Waals surface area contributed by atoms with E-state index in [4.69, 9.17) is 0 Å². The smallest absolute Gasteiger partial charge is 0.271 e. The summed E-state index contributed by atoms with van der Waals surface area (Å²) in [6.07, 6.45) is 3.08. The second kappa shape index (κ2) is 7.82. The van der Waals surface area contributed by atoms with Crippen molar-refractivity contribution in [3.8, 4) is 0 Å². The van der Waals surface area contributed by atoms with Gasteiger partial charge in [-0.25, -0.2) is 5.43 Å². The summed E-state index contributed by atoms with van der Waals surface area (Å²) in [6.45, 7) is 0.737. The number of hydrogen-bond acceptors (Lipinski definition) is 4. The fourth-order valence-corrected chi connectivity index (χ4v) is 2.80. The number of hydrogen-bond donors (Lipinski definition) is 1. The third-order valence-electron chi connectivity index (χ3n) is 4.30. The first-order valence-electron chi connectivity index (χ1n) is 8.56. The predicted octanol–water partition coefficient (Wildman–Crippen LogP) is 2.64. The molecule has 0 unspecified atom stereocenters. The zero-order chi connectivity index (χ0) is 18.5. The number of nitrogens with one attached hydrogen (secondary N) is 1. The van der Waals surface area contributed by atoms with E-state index in [1.165, 1.54) is 0 Å². The lowest BCUT2D eigenvalue weighted by molar-refractivity contribution is -0.117. The molecule has 0 spiro atoms. The molecule has 6 nitrogen and oxygen atoms in total. The number of nitrogens with zero attached hydrogens (tertiary/aromatic N) is 3. The van der Waals surface area contributed by atoms with Crippen LogP contribution >= 0.6 is 0 Å². The molecule has 0 radical (unpaired) electrons. The van der Waals surface area contributed by atoms with Crippen molar-refractivity contribution < 1.29 is 9.59 Å². The lowest BCUT2D eigenvalue weighted by atomic mass is 10.2. The number of carbonyl (C=O) groups excluding carboxylic acids is 2. The summed E-state index contributed by atoms with van der Waals surface area (Å²) >= 11 is 0. The molecule has 26 heavy (non-hydrogen) atoms. The molecule has 0 bridgehead atoms. The Hall–Kier alpha value is -3.15. The van der Waals surface area contributed by atoms with Gasteiger partial charge < -0.3 is 9.80 Å². The quantitative estimate of drug-likeness (QED) is 0.666. The standard InChI is InChI=1S/C20H22N4O2/c1-23(2)17-9-5-15(6-10-17)14-21-22-20(26)16-7-11-18(12-8-16)24-13-3-4-19(24)25/h5-12,14H,3-4,13H2,1-2H3,(H,22,26)/b21-14+. The normalized spacial score (nSPS) is 14.1. The molecule has 6 heteroatoms. The van der Waals surface area contributed by atoms with Gasteiger partial charge in [-0.1, -0.05) is 12.1 Å². The predicted molar refractivity (Wildman–Crippen MR) is 104 cm³/mol. The molecule has 1 aliphatic heterocycles. The Morgan fingerprint density at radius 2 is 1.81 bits per heavy atom. The van der Waals surface area contributed by atoms with Crippen molar-refractivity contribution in [1.82, 2.24) is 5.43 Å². The van der Waals surface area contributed by atoms with Crippen LogP contribution in [-0.4, -0.2) is 38.7 Å². The number of carbonyl (C=O) groups is 2. The molecule has 1 N–H and O–H groups in total. The second-order valence-electron chi connectivity index (χ2n) is 6.38.